The van der Waals surface area contributed by atoms with E-state index >= 15 is 0 Å². The fraction of sp³-hybridized carbons (Fsp3) is 0.556. The average molecular weight is 320 g/mol. The third-order valence-electron chi connectivity index (χ3n) is 4.20. The lowest BCUT2D eigenvalue weighted by Crippen LogP contribution is -2.50. The molecule has 0 saturated carbocycles. The van der Waals surface area contributed by atoms with Crippen molar-refractivity contribution in [1.29, 1.82) is 0 Å². The molecule has 126 valence electrons. The van der Waals surface area contributed by atoms with Crippen LogP contribution in [0, 0.1) is 11.7 Å². The standard InChI is InChI=1S/C18H25FN2O2/c1-13(2)18(23)20-12-16(21-9-4-3-8-17(21)22)11-14-6-5-7-15(19)10-14/h5-7,10,13,16H,3-4,8-9,11-12H2,1-2H3,(H,20,23)/t16-/m0/s1. The van der Waals surface area contributed by atoms with Crippen molar-refractivity contribution in [3.8, 4) is 0 Å². The van der Waals surface area contributed by atoms with Crippen LogP contribution in [0.5, 0.6) is 0 Å². The van der Waals surface area contributed by atoms with Crippen LogP contribution in [0.1, 0.15) is 38.7 Å². The highest BCUT2D eigenvalue weighted by atomic mass is 19.1. The Bertz CT molecular complexity index is 560. The van der Waals surface area contributed by atoms with E-state index in [1.165, 1.54) is 12.1 Å². The lowest BCUT2D eigenvalue weighted by Gasteiger charge is -2.35. The first-order chi connectivity index (χ1) is 11.0. The van der Waals surface area contributed by atoms with E-state index in [-0.39, 0.29) is 29.6 Å². The van der Waals surface area contributed by atoms with Crippen molar-refractivity contribution in [1.82, 2.24) is 10.2 Å². The number of hydrogen-bond acceptors (Lipinski definition) is 2. The van der Waals surface area contributed by atoms with Crippen LogP contribution >= 0.6 is 0 Å². The van der Waals surface area contributed by atoms with Crippen LogP contribution < -0.4 is 5.32 Å². The number of rotatable bonds is 6. The summed E-state index contributed by atoms with van der Waals surface area (Å²) in [5.74, 6) is -0.283. The van der Waals surface area contributed by atoms with Gasteiger partial charge in [-0.1, -0.05) is 26.0 Å². The minimum absolute atomic E-state index is 0.0290. The van der Waals surface area contributed by atoms with Crippen molar-refractivity contribution < 1.29 is 14.0 Å². The van der Waals surface area contributed by atoms with Gasteiger partial charge < -0.3 is 10.2 Å². The van der Waals surface area contributed by atoms with Gasteiger partial charge in [0, 0.05) is 25.4 Å². The molecule has 1 aliphatic rings. The summed E-state index contributed by atoms with van der Waals surface area (Å²) in [6, 6.07) is 6.30. The molecule has 0 aliphatic carbocycles. The highest BCUT2D eigenvalue weighted by molar-refractivity contribution is 5.79. The smallest absolute Gasteiger partial charge is 0.222 e. The predicted octanol–water partition coefficient (Wildman–Crippen LogP) is 2.52. The Labute approximate surface area is 137 Å². The third-order valence-corrected chi connectivity index (χ3v) is 4.20. The van der Waals surface area contributed by atoms with Crippen LogP contribution in [-0.4, -0.2) is 35.8 Å². The summed E-state index contributed by atoms with van der Waals surface area (Å²) in [5.41, 5.74) is 0.840. The van der Waals surface area contributed by atoms with E-state index in [4.69, 9.17) is 0 Å². The van der Waals surface area contributed by atoms with Crippen LogP contribution in [0.2, 0.25) is 0 Å². The van der Waals surface area contributed by atoms with Crippen molar-refractivity contribution in [2.24, 2.45) is 5.92 Å². The maximum absolute atomic E-state index is 13.4. The van der Waals surface area contributed by atoms with Gasteiger partial charge in [0.1, 0.15) is 5.82 Å². The van der Waals surface area contributed by atoms with Crippen molar-refractivity contribution in [2.45, 2.75) is 45.6 Å². The first-order valence-electron chi connectivity index (χ1n) is 8.29. The summed E-state index contributed by atoms with van der Waals surface area (Å²) in [7, 11) is 0. The van der Waals surface area contributed by atoms with Crippen molar-refractivity contribution >= 4 is 11.8 Å². The molecule has 1 heterocycles. The Morgan fingerprint density at radius 1 is 1.35 bits per heavy atom. The number of hydrogen-bond donors (Lipinski definition) is 1. The second-order valence-corrected chi connectivity index (χ2v) is 6.43. The maximum Gasteiger partial charge on any atom is 0.222 e. The molecule has 2 rings (SSSR count). The molecule has 1 aromatic rings. The van der Waals surface area contributed by atoms with Gasteiger partial charge in [-0.05, 0) is 37.0 Å². The zero-order chi connectivity index (χ0) is 16.8. The molecule has 5 heteroatoms. The van der Waals surface area contributed by atoms with Crippen LogP contribution in [0.25, 0.3) is 0 Å². The molecule has 23 heavy (non-hydrogen) atoms. The molecule has 0 bridgehead atoms. The highest BCUT2D eigenvalue weighted by Crippen LogP contribution is 2.17. The Kier molecular flexibility index (Phi) is 6.13. The first-order valence-corrected chi connectivity index (χ1v) is 8.29. The fourth-order valence-electron chi connectivity index (χ4n) is 2.86. The van der Waals surface area contributed by atoms with Gasteiger partial charge in [0.2, 0.25) is 11.8 Å². The second-order valence-electron chi connectivity index (χ2n) is 6.43. The minimum atomic E-state index is -0.280. The minimum Gasteiger partial charge on any atom is -0.354 e. The maximum atomic E-state index is 13.4. The monoisotopic (exact) mass is 320 g/mol. The summed E-state index contributed by atoms with van der Waals surface area (Å²) in [6.07, 6.45) is 2.99. The molecule has 1 atom stereocenters. The van der Waals surface area contributed by atoms with E-state index in [9.17, 15) is 14.0 Å². The van der Waals surface area contributed by atoms with Gasteiger partial charge in [0.15, 0.2) is 0 Å². The van der Waals surface area contributed by atoms with E-state index in [1.54, 1.807) is 6.07 Å². The number of benzene rings is 1. The number of amides is 2. The molecule has 1 aromatic carbocycles. The number of piperidine rings is 1. The van der Waals surface area contributed by atoms with Crippen LogP contribution in [-0.2, 0) is 16.0 Å². The van der Waals surface area contributed by atoms with Gasteiger partial charge in [-0.2, -0.15) is 0 Å². The van der Waals surface area contributed by atoms with E-state index in [2.05, 4.69) is 5.32 Å². The van der Waals surface area contributed by atoms with Crippen molar-refractivity contribution in [2.75, 3.05) is 13.1 Å². The summed E-state index contributed by atoms with van der Waals surface area (Å²) in [5, 5.41) is 2.91. The Morgan fingerprint density at radius 2 is 2.13 bits per heavy atom. The first kappa shape index (κ1) is 17.4. The molecule has 0 unspecified atom stereocenters. The van der Waals surface area contributed by atoms with Gasteiger partial charge in [-0.15, -0.1) is 0 Å². The van der Waals surface area contributed by atoms with Crippen LogP contribution in [0.3, 0.4) is 0 Å². The van der Waals surface area contributed by atoms with Gasteiger partial charge >= 0.3 is 0 Å². The van der Waals surface area contributed by atoms with E-state index in [1.807, 2.05) is 24.8 Å². The van der Waals surface area contributed by atoms with Crippen molar-refractivity contribution in [3.63, 3.8) is 0 Å². The van der Waals surface area contributed by atoms with Gasteiger partial charge in [-0.25, -0.2) is 4.39 Å². The SMILES string of the molecule is CC(C)C(=O)NC[C@H](Cc1cccc(F)c1)N1CCCCC1=O. The number of nitrogens with zero attached hydrogens (tertiary/aromatic N) is 1. The number of nitrogens with one attached hydrogen (secondary N) is 1. The molecule has 1 N–H and O–H groups in total. The summed E-state index contributed by atoms with van der Waals surface area (Å²) >= 11 is 0. The fourth-order valence-corrected chi connectivity index (χ4v) is 2.86. The highest BCUT2D eigenvalue weighted by Gasteiger charge is 2.27. The average Bonchev–Trinajstić information content (AvgIpc) is 2.51. The zero-order valence-electron chi connectivity index (χ0n) is 13.8. The van der Waals surface area contributed by atoms with E-state index in [0.29, 0.717) is 25.9 Å². The summed E-state index contributed by atoms with van der Waals surface area (Å²) in [4.78, 5) is 25.9. The van der Waals surface area contributed by atoms with Gasteiger partial charge in [0.25, 0.3) is 0 Å². The third kappa shape index (κ3) is 5.05. The normalized spacial score (nSPS) is 16.5. The van der Waals surface area contributed by atoms with Crippen LogP contribution in [0.4, 0.5) is 4.39 Å². The molecule has 2 amide bonds. The lowest BCUT2D eigenvalue weighted by molar-refractivity contribution is -0.136. The quantitative estimate of drug-likeness (QED) is 0.875. The number of likely N-dealkylation sites (tertiary alicyclic amines) is 1. The molecular formula is C18H25FN2O2. The lowest BCUT2D eigenvalue weighted by atomic mass is 10.0. The molecule has 1 fully saturated rings. The number of carbonyl (C=O) groups excluding carboxylic acids is 2. The number of halogens is 1. The van der Waals surface area contributed by atoms with E-state index in [0.717, 1.165) is 18.4 Å². The van der Waals surface area contributed by atoms with Gasteiger partial charge in [-0.3, -0.25) is 9.59 Å². The summed E-state index contributed by atoms with van der Waals surface area (Å²) < 4.78 is 13.4. The molecule has 0 spiro atoms. The number of carbonyl (C=O) groups is 2. The zero-order valence-corrected chi connectivity index (χ0v) is 13.8. The molecule has 0 radical (unpaired) electrons. The molecular weight excluding hydrogens is 295 g/mol. The van der Waals surface area contributed by atoms with Crippen LogP contribution in [0.15, 0.2) is 24.3 Å². The Morgan fingerprint density at radius 3 is 2.78 bits per heavy atom. The Hall–Kier alpha value is -1.91. The Balaban J connectivity index is 2.09. The molecule has 1 aliphatic heterocycles. The molecule has 0 aromatic heterocycles. The second kappa shape index (κ2) is 8.09. The largest absolute Gasteiger partial charge is 0.354 e. The molecule has 4 nitrogen and oxygen atoms in total. The summed E-state index contributed by atoms with van der Waals surface area (Å²) in [6.45, 7) is 4.78. The van der Waals surface area contributed by atoms with Gasteiger partial charge in [0.05, 0.1) is 6.04 Å². The van der Waals surface area contributed by atoms with E-state index < -0.39 is 0 Å². The predicted molar refractivity (Wildman–Crippen MR) is 87.3 cm³/mol. The van der Waals surface area contributed by atoms with Crippen molar-refractivity contribution in [3.05, 3.63) is 35.6 Å². The molecule has 1 saturated heterocycles. The topological polar surface area (TPSA) is 49.4 Å².